The normalized spacial score (nSPS) is 12.8. The second kappa shape index (κ2) is 7.71. The fraction of sp³-hybridized carbons (Fsp3) is 0.667. The van der Waals surface area contributed by atoms with Crippen LogP contribution in [-0.2, 0) is 6.54 Å². The van der Waals surface area contributed by atoms with Gasteiger partial charge in [-0.15, -0.1) is 0 Å². The summed E-state index contributed by atoms with van der Waals surface area (Å²) >= 11 is 6.35. The Labute approximate surface area is 122 Å². The Kier molecular flexibility index (Phi) is 6.59. The molecule has 1 atom stereocenters. The summed E-state index contributed by atoms with van der Waals surface area (Å²) in [5.74, 6) is 1.43. The maximum absolute atomic E-state index is 6.35. The Hall–Kier alpha value is -0.800. The monoisotopic (exact) mass is 283 g/mol. The van der Waals surface area contributed by atoms with Gasteiger partial charge in [-0.2, -0.15) is 0 Å². The van der Waals surface area contributed by atoms with Gasteiger partial charge in [-0.3, -0.25) is 0 Å². The number of rotatable bonds is 7. The molecule has 1 N–H and O–H groups in total. The molecule has 4 heteroatoms. The standard InChI is InChI=1S/C15H26ClN3/c1-6-7-17-9-13-8-14(16)15(18-10-13)19(5)12(4)11(2)3/h8,10-12,17H,6-7,9H2,1-5H3. The summed E-state index contributed by atoms with van der Waals surface area (Å²) in [4.78, 5) is 6.66. The second-order valence-corrected chi connectivity index (χ2v) is 5.83. The van der Waals surface area contributed by atoms with Crippen molar-refractivity contribution in [2.24, 2.45) is 5.92 Å². The van der Waals surface area contributed by atoms with Crippen LogP contribution in [0.5, 0.6) is 0 Å². The van der Waals surface area contributed by atoms with Crippen LogP contribution < -0.4 is 10.2 Å². The van der Waals surface area contributed by atoms with Gasteiger partial charge in [0.25, 0.3) is 0 Å². The lowest BCUT2D eigenvalue weighted by molar-refractivity contribution is 0.502. The highest BCUT2D eigenvalue weighted by molar-refractivity contribution is 6.33. The molecule has 1 rings (SSSR count). The summed E-state index contributed by atoms with van der Waals surface area (Å²) in [6.45, 7) is 10.6. The minimum absolute atomic E-state index is 0.411. The van der Waals surface area contributed by atoms with E-state index in [-0.39, 0.29) is 0 Å². The molecule has 3 nitrogen and oxygen atoms in total. The molecule has 0 amide bonds. The van der Waals surface area contributed by atoms with Crippen molar-refractivity contribution in [3.05, 3.63) is 22.8 Å². The van der Waals surface area contributed by atoms with Crippen molar-refractivity contribution < 1.29 is 0 Å². The van der Waals surface area contributed by atoms with Crippen LogP contribution in [0.3, 0.4) is 0 Å². The van der Waals surface area contributed by atoms with E-state index in [1.807, 2.05) is 19.3 Å². The largest absolute Gasteiger partial charge is 0.355 e. The van der Waals surface area contributed by atoms with Gasteiger partial charge in [-0.25, -0.2) is 4.98 Å². The Morgan fingerprint density at radius 1 is 1.37 bits per heavy atom. The molecule has 1 unspecified atom stereocenters. The maximum Gasteiger partial charge on any atom is 0.147 e. The lowest BCUT2D eigenvalue weighted by Gasteiger charge is -2.29. The first-order chi connectivity index (χ1) is 8.97. The molecule has 0 radical (unpaired) electrons. The zero-order valence-electron chi connectivity index (χ0n) is 12.7. The second-order valence-electron chi connectivity index (χ2n) is 5.42. The van der Waals surface area contributed by atoms with Gasteiger partial charge in [0.05, 0.1) is 5.02 Å². The number of halogens is 1. The predicted octanol–water partition coefficient (Wildman–Crippen LogP) is 3.72. The number of nitrogens with one attached hydrogen (secondary N) is 1. The Bertz CT molecular complexity index is 393. The van der Waals surface area contributed by atoms with E-state index in [2.05, 4.69) is 42.9 Å². The van der Waals surface area contributed by atoms with E-state index >= 15 is 0 Å². The average molecular weight is 284 g/mol. The number of hydrogen-bond donors (Lipinski definition) is 1. The molecular weight excluding hydrogens is 258 g/mol. The van der Waals surface area contributed by atoms with Gasteiger partial charge in [0.15, 0.2) is 0 Å². The first kappa shape index (κ1) is 16.3. The lowest BCUT2D eigenvalue weighted by Crippen LogP contribution is -2.34. The summed E-state index contributed by atoms with van der Waals surface area (Å²) in [6, 6.07) is 2.42. The summed E-state index contributed by atoms with van der Waals surface area (Å²) < 4.78 is 0. The van der Waals surface area contributed by atoms with Crippen LogP contribution in [0.25, 0.3) is 0 Å². The highest BCUT2D eigenvalue weighted by Gasteiger charge is 2.17. The predicted molar refractivity (Wildman–Crippen MR) is 83.9 cm³/mol. The zero-order valence-corrected chi connectivity index (χ0v) is 13.5. The summed E-state index contributed by atoms with van der Waals surface area (Å²) in [5, 5.41) is 4.08. The Morgan fingerprint density at radius 3 is 2.58 bits per heavy atom. The number of aromatic nitrogens is 1. The highest BCUT2D eigenvalue weighted by Crippen LogP contribution is 2.26. The van der Waals surface area contributed by atoms with Gasteiger partial charge in [0.2, 0.25) is 0 Å². The van der Waals surface area contributed by atoms with E-state index in [4.69, 9.17) is 11.6 Å². The molecule has 0 spiro atoms. The molecule has 0 fully saturated rings. The highest BCUT2D eigenvalue weighted by atomic mass is 35.5. The molecule has 19 heavy (non-hydrogen) atoms. The molecular formula is C15H26ClN3. The van der Waals surface area contributed by atoms with Crippen molar-refractivity contribution in [2.45, 2.75) is 46.7 Å². The van der Waals surface area contributed by atoms with Crippen molar-refractivity contribution in [1.82, 2.24) is 10.3 Å². The molecule has 0 aliphatic carbocycles. The molecule has 0 saturated carbocycles. The van der Waals surface area contributed by atoms with Gasteiger partial charge >= 0.3 is 0 Å². The van der Waals surface area contributed by atoms with E-state index in [1.165, 1.54) is 0 Å². The minimum Gasteiger partial charge on any atom is -0.355 e. The third kappa shape index (κ3) is 4.66. The van der Waals surface area contributed by atoms with Crippen LogP contribution in [0.15, 0.2) is 12.3 Å². The smallest absolute Gasteiger partial charge is 0.147 e. The minimum atomic E-state index is 0.411. The summed E-state index contributed by atoms with van der Waals surface area (Å²) in [6.07, 6.45) is 3.04. The van der Waals surface area contributed by atoms with Gasteiger partial charge in [-0.1, -0.05) is 32.4 Å². The summed E-state index contributed by atoms with van der Waals surface area (Å²) in [7, 11) is 2.05. The van der Waals surface area contributed by atoms with Crippen LogP contribution in [0, 0.1) is 5.92 Å². The van der Waals surface area contributed by atoms with Crippen molar-refractivity contribution in [1.29, 1.82) is 0 Å². The molecule has 0 aliphatic rings. The quantitative estimate of drug-likeness (QED) is 0.773. The zero-order chi connectivity index (χ0) is 14.4. The third-order valence-corrected chi connectivity index (χ3v) is 3.82. The molecule has 0 aromatic carbocycles. The fourth-order valence-electron chi connectivity index (χ4n) is 1.88. The molecule has 0 aliphatic heterocycles. The lowest BCUT2D eigenvalue weighted by atomic mass is 10.1. The van der Waals surface area contributed by atoms with Crippen LogP contribution in [0.2, 0.25) is 5.02 Å². The topological polar surface area (TPSA) is 28.2 Å². The van der Waals surface area contributed by atoms with Gasteiger partial charge in [0, 0.05) is 25.8 Å². The number of hydrogen-bond acceptors (Lipinski definition) is 3. The maximum atomic E-state index is 6.35. The van der Waals surface area contributed by atoms with Crippen LogP contribution in [0.4, 0.5) is 5.82 Å². The van der Waals surface area contributed by atoms with Crippen LogP contribution in [-0.4, -0.2) is 24.6 Å². The Morgan fingerprint density at radius 2 is 2.05 bits per heavy atom. The fourth-order valence-corrected chi connectivity index (χ4v) is 2.20. The van der Waals surface area contributed by atoms with E-state index in [0.717, 1.165) is 35.9 Å². The van der Waals surface area contributed by atoms with E-state index < -0.39 is 0 Å². The van der Waals surface area contributed by atoms with Crippen LogP contribution in [0.1, 0.15) is 39.7 Å². The molecule has 0 saturated heterocycles. The SMILES string of the molecule is CCCNCc1cnc(N(C)C(C)C(C)C)c(Cl)c1. The Balaban J connectivity index is 2.76. The molecule has 1 heterocycles. The summed E-state index contributed by atoms with van der Waals surface area (Å²) in [5.41, 5.74) is 1.13. The molecule has 1 aromatic rings. The number of pyridine rings is 1. The average Bonchev–Trinajstić information content (AvgIpc) is 2.37. The first-order valence-electron chi connectivity index (χ1n) is 7.05. The van der Waals surface area contributed by atoms with Crippen molar-refractivity contribution in [3.8, 4) is 0 Å². The van der Waals surface area contributed by atoms with E-state index in [9.17, 15) is 0 Å². The van der Waals surface area contributed by atoms with Crippen LogP contribution >= 0.6 is 11.6 Å². The van der Waals surface area contributed by atoms with Crippen molar-refractivity contribution in [2.75, 3.05) is 18.5 Å². The van der Waals surface area contributed by atoms with Gasteiger partial charge in [0.1, 0.15) is 5.82 Å². The van der Waals surface area contributed by atoms with Crippen molar-refractivity contribution >= 4 is 17.4 Å². The molecule has 1 aromatic heterocycles. The molecule has 0 bridgehead atoms. The third-order valence-electron chi connectivity index (χ3n) is 3.54. The number of anilines is 1. The van der Waals surface area contributed by atoms with E-state index in [1.54, 1.807) is 0 Å². The van der Waals surface area contributed by atoms with E-state index in [0.29, 0.717) is 12.0 Å². The van der Waals surface area contributed by atoms with Crippen molar-refractivity contribution in [3.63, 3.8) is 0 Å². The van der Waals surface area contributed by atoms with Gasteiger partial charge in [-0.05, 0) is 37.4 Å². The first-order valence-corrected chi connectivity index (χ1v) is 7.43. The number of nitrogens with zero attached hydrogens (tertiary/aromatic N) is 2. The van der Waals surface area contributed by atoms with Gasteiger partial charge < -0.3 is 10.2 Å². The molecule has 108 valence electrons.